The van der Waals surface area contributed by atoms with Crippen LogP contribution in [0.25, 0.3) is 0 Å². The highest BCUT2D eigenvalue weighted by molar-refractivity contribution is 6.30. The molecule has 0 aromatic heterocycles. The number of aryl methyl sites for hydroxylation is 1. The highest BCUT2D eigenvalue weighted by Crippen LogP contribution is 2.32. The average Bonchev–Trinajstić information content (AvgIpc) is 2.85. The van der Waals surface area contributed by atoms with Gasteiger partial charge in [-0.2, -0.15) is 0 Å². The Hall–Kier alpha value is -2.20. The van der Waals surface area contributed by atoms with Crippen molar-refractivity contribution in [3.63, 3.8) is 0 Å². The molecule has 0 atom stereocenters. The normalized spacial score (nSPS) is 13.1. The number of hydrogen-bond donors (Lipinski definition) is 2. The van der Waals surface area contributed by atoms with Crippen LogP contribution in [0.15, 0.2) is 36.4 Å². The molecule has 2 aromatic carbocycles. The van der Waals surface area contributed by atoms with E-state index in [1.807, 2.05) is 13.0 Å². The highest BCUT2D eigenvalue weighted by atomic mass is 35.5. The Kier molecular flexibility index (Phi) is 3.47. The van der Waals surface area contributed by atoms with Gasteiger partial charge >= 0.3 is 6.03 Å². The first kappa shape index (κ1) is 13.8. The van der Waals surface area contributed by atoms with Gasteiger partial charge in [0.25, 0.3) is 0 Å². The molecule has 2 amide bonds. The van der Waals surface area contributed by atoms with Gasteiger partial charge in [-0.15, -0.1) is 0 Å². The predicted octanol–water partition coefficient (Wildman–Crippen LogP) is 3.83. The molecule has 2 aromatic rings. The minimum Gasteiger partial charge on any atom is -0.398 e. The molecule has 0 saturated carbocycles. The van der Waals surface area contributed by atoms with E-state index in [1.54, 1.807) is 29.2 Å². The Balaban J connectivity index is 1.82. The fraction of sp³-hybridized carbons (Fsp3) is 0.188. The maximum atomic E-state index is 12.4. The maximum absolute atomic E-state index is 12.4. The summed E-state index contributed by atoms with van der Waals surface area (Å²) in [5.41, 5.74) is 10.5. The van der Waals surface area contributed by atoms with E-state index in [0.717, 1.165) is 28.9 Å². The van der Waals surface area contributed by atoms with Crippen LogP contribution in [-0.4, -0.2) is 12.6 Å². The van der Waals surface area contributed by atoms with E-state index >= 15 is 0 Å². The molecular formula is C16H16ClN3O. The van der Waals surface area contributed by atoms with Crippen molar-refractivity contribution in [2.45, 2.75) is 13.3 Å². The molecule has 0 saturated heterocycles. The number of rotatable bonds is 1. The van der Waals surface area contributed by atoms with E-state index in [-0.39, 0.29) is 6.03 Å². The van der Waals surface area contributed by atoms with Gasteiger partial charge in [0, 0.05) is 22.9 Å². The minimum absolute atomic E-state index is 0.153. The number of carbonyl (C=O) groups is 1. The number of urea groups is 1. The molecule has 3 rings (SSSR count). The maximum Gasteiger partial charge on any atom is 0.326 e. The molecule has 1 heterocycles. The fourth-order valence-electron chi connectivity index (χ4n) is 2.51. The van der Waals surface area contributed by atoms with E-state index in [9.17, 15) is 4.79 Å². The van der Waals surface area contributed by atoms with Crippen LogP contribution in [0.5, 0.6) is 0 Å². The summed E-state index contributed by atoms with van der Waals surface area (Å²) in [7, 11) is 0. The van der Waals surface area contributed by atoms with E-state index in [0.29, 0.717) is 17.3 Å². The lowest BCUT2D eigenvalue weighted by Crippen LogP contribution is -2.33. The van der Waals surface area contributed by atoms with Crippen molar-refractivity contribution >= 4 is 34.7 Å². The predicted molar refractivity (Wildman–Crippen MR) is 87.1 cm³/mol. The third-order valence-electron chi connectivity index (χ3n) is 3.70. The SMILES string of the molecule is Cc1cc2c(cc1N)N(C(=O)Nc1ccc(Cl)cc1)CC2. The summed E-state index contributed by atoms with van der Waals surface area (Å²) < 4.78 is 0. The zero-order valence-electron chi connectivity index (χ0n) is 11.7. The molecule has 0 aliphatic carbocycles. The summed E-state index contributed by atoms with van der Waals surface area (Å²) in [6, 6.07) is 10.8. The van der Waals surface area contributed by atoms with Crippen LogP contribution >= 0.6 is 11.6 Å². The number of carbonyl (C=O) groups excluding carboxylic acids is 1. The average molecular weight is 302 g/mol. The number of anilines is 3. The van der Waals surface area contributed by atoms with Crippen LogP contribution < -0.4 is 16.0 Å². The largest absolute Gasteiger partial charge is 0.398 e. The smallest absolute Gasteiger partial charge is 0.326 e. The van der Waals surface area contributed by atoms with Crippen LogP contribution in [0, 0.1) is 6.92 Å². The zero-order chi connectivity index (χ0) is 15.0. The fourth-order valence-corrected chi connectivity index (χ4v) is 2.64. The first-order chi connectivity index (χ1) is 10.0. The van der Waals surface area contributed by atoms with Gasteiger partial charge in [0.1, 0.15) is 0 Å². The van der Waals surface area contributed by atoms with Crippen molar-refractivity contribution < 1.29 is 4.79 Å². The number of fused-ring (bicyclic) bond motifs is 1. The van der Waals surface area contributed by atoms with Crippen molar-refractivity contribution in [3.8, 4) is 0 Å². The van der Waals surface area contributed by atoms with Crippen LogP contribution in [0.1, 0.15) is 11.1 Å². The van der Waals surface area contributed by atoms with Gasteiger partial charge in [-0.25, -0.2) is 4.79 Å². The summed E-state index contributed by atoms with van der Waals surface area (Å²) in [5, 5.41) is 3.52. The standard InChI is InChI=1S/C16H16ClN3O/c1-10-8-11-6-7-20(15(11)9-14(10)18)16(21)19-13-4-2-12(17)3-5-13/h2-5,8-9H,6-7,18H2,1H3,(H,19,21). The number of hydrogen-bond acceptors (Lipinski definition) is 2. The van der Waals surface area contributed by atoms with Crippen molar-refractivity contribution in [1.82, 2.24) is 0 Å². The molecule has 108 valence electrons. The number of nitrogens with two attached hydrogens (primary N) is 1. The number of nitrogen functional groups attached to an aromatic ring is 1. The van der Waals surface area contributed by atoms with E-state index < -0.39 is 0 Å². The van der Waals surface area contributed by atoms with Gasteiger partial charge in [-0.05, 0) is 54.8 Å². The number of amides is 2. The van der Waals surface area contributed by atoms with E-state index in [2.05, 4.69) is 11.4 Å². The van der Waals surface area contributed by atoms with Crippen LogP contribution in [-0.2, 0) is 6.42 Å². The van der Waals surface area contributed by atoms with Crippen LogP contribution in [0.3, 0.4) is 0 Å². The second-order valence-corrected chi connectivity index (χ2v) is 5.61. The zero-order valence-corrected chi connectivity index (χ0v) is 12.4. The third-order valence-corrected chi connectivity index (χ3v) is 3.96. The quantitative estimate of drug-likeness (QED) is 0.787. The molecule has 1 aliphatic rings. The summed E-state index contributed by atoms with van der Waals surface area (Å²) in [6.45, 7) is 2.64. The first-order valence-corrected chi connectivity index (χ1v) is 7.15. The van der Waals surface area contributed by atoms with Gasteiger partial charge < -0.3 is 11.1 Å². The topological polar surface area (TPSA) is 58.4 Å². The summed E-state index contributed by atoms with van der Waals surface area (Å²) >= 11 is 5.84. The molecule has 3 N–H and O–H groups in total. The lowest BCUT2D eigenvalue weighted by atomic mass is 10.1. The summed E-state index contributed by atoms with van der Waals surface area (Å²) in [6.07, 6.45) is 0.852. The molecule has 5 heteroatoms. The molecule has 0 unspecified atom stereocenters. The van der Waals surface area contributed by atoms with Crippen molar-refractivity contribution in [1.29, 1.82) is 0 Å². The second kappa shape index (κ2) is 5.30. The number of halogens is 1. The molecule has 1 aliphatic heterocycles. The molecule has 4 nitrogen and oxygen atoms in total. The summed E-state index contributed by atoms with van der Waals surface area (Å²) in [4.78, 5) is 14.1. The lowest BCUT2D eigenvalue weighted by molar-refractivity contribution is 0.257. The van der Waals surface area contributed by atoms with Crippen molar-refractivity contribution in [2.24, 2.45) is 0 Å². The Bertz CT molecular complexity index is 697. The molecular weight excluding hydrogens is 286 g/mol. The Morgan fingerprint density at radius 3 is 2.71 bits per heavy atom. The monoisotopic (exact) mass is 301 g/mol. The first-order valence-electron chi connectivity index (χ1n) is 6.77. The highest BCUT2D eigenvalue weighted by Gasteiger charge is 2.25. The Labute approximate surface area is 128 Å². The number of nitrogens with one attached hydrogen (secondary N) is 1. The van der Waals surface area contributed by atoms with Crippen LogP contribution in [0.4, 0.5) is 21.9 Å². The van der Waals surface area contributed by atoms with Crippen molar-refractivity contribution in [3.05, 3.63) is 52.5 Å². The second-order valence-electron chi connectivity index (χ2n) is 5.18. The van der Waals surface area contributed by atoms with Gasteiger partial charge in [-0.1, -0.05) is 17.7 Å². The third kappa shape index (κ3) is 2.67. The number of nitrogens with zero attached hydrogens (tertiary/aromatic N) is 1. The minimum atomic E-state index is -0.153. The van der Waals surface area contributed by atoms with Crippen LogP contribution in [0.2, 0.25) is 5.02 Å². The van der Waals surface area contributed by atoms with Gasteiger partial charge in [-0.3, -0.25) is 4.90 Å². The molecule has 0 spiro atoms. The van der Waals surface area contributed by atoms with Gasteiger partial charge in [0.2, 0.25) is 0 Å². The van der Waals surface area contributed by atoms with E-state index in [1.165, 1.54) is 0 Å². The molecule has 0 fully saturated rings. The number of benzene rings is 2. The molecule has 0 bridgehead atoms. The Morgan fingerprint density at radius 1 is 1.29 bits per heavy atom. The van der Waals surface area contributed by atoms with E-state index in [4.69, 9.17) is 17.3 Å². The van der Waals surface area contributed by atoms with Gasteiger partial charge in [0.05, 0.1) is 5.69 Å². The summed E-state index contributed by atoms with van der Waals surface area (Å²) in [5.74, 6) is 0. The van der Waals surface area contributed by atoms with Gasteiger partial charge in [0.15, 0.2) is 0 Å². The molecule has 0 radical (unpaired) electrons. The lowest BCUT2D eigenvalue weighted by Gasteiger charge is -2.19. The Morgan fingerprint density at radius 2 is 2.00 bits per heavy atom. The van der Waals surface area contributed by atoms with Crippen molar-refractivity contribution in [2.75, 3.05) is 22.5 Å². The molecule has 21 heavy (non-hydrogen) atoms.